The molecule has 1 fully saturated rings. The molecule has 0 spiro atoms. The van der Waals surface area contributed by atoms with Gasteiger partial charge >= 0.3 is 0 Å². The lowest BCUT2D eigenvalue weighted by molar-refractivity contribution is -0.127. The van der Waals surface area contributed by atoms with Crippen molar-refractivity contribution in [2.75, 3.05) is 27.3 Å². The molecule has 1 amide bonds. The van der Waals surface area contributed by atoms with Gasteiger partial charge in [-0.25, -0.2) is 0 Å². The van der Waals surface area contributed by atoms with Crippen LogP contribution in [0.3, 0.4) is 0 Å². The van der Waals surface area contributed by atoms with Crippen molar-refractivity contribution in [3.8, 4) is 0 Å². The number of rotatable bonds is 4. The van der Waals surface area contributed by atoms with Crippen molar-refractivity contribution in [3.05, 3.63) is 35.4 Å². The van der Waals surface area contributed by atoms with Gasteiger partial charge in [0.25, 0.3) is 0 Å². The Kier molecular flexibility index (Phi) is 5.15. The van der Waals surface area contributed by atoms with Gasteiger partial charge in [-0.2, -0.15) is 0 Å². The second kappa shape index (κ2) is 6.86. The third kappa shape index (κ3) is 3.81. The molecule has 1 aliphatic rings. The molecule has 1 aliphatic heterocycles. The first-order valence-corrected chi connectivity index (χ1v) is 7.19. The van der Waals surface area contributed by atoms with Crippen molar-refractivity contribution in [1.29, 1.82) is 0 Å². The van der Waals surface area contributed by atoms with Crippen molar-refractivity contribution in [1.82, 2.24) is 10.2 Å². The van der Waals surface area contributed by atoms with E-state index in [1.165, 1.54) is 5.56 Å². The Morgan fingerprint density at radius 3 is 2.40 bits per heavy atom. The molecule has 0 saturated carbocycles. The molecular formula is C16H24N2O2. The molecule has 4 nitrogen and oxygen atoms in total. The van der Waals surface area contributed by atoms with Crippen molar-refractivity contribution >= 4 is 5.91 Å². The molecule has 1 saturated heterocycles. The normalized spacial score (nSPS) is 18.0. The third-order valence-electron chi connectivity index (χ3n) is 3.73. The first-order valence-electron chi connectivity index (χ1n) is 7.19. The highest BCUT2D eigenvalue weighted by Crippen LogP contribution is 2.20. The van der Waals surface area contributed by atoms with Crippen LogP contribution < -0.4 is 5.32 Å². The summed E-state index contributed by atoms with van der Waals surface area (Å²) >= 11 is 0. The first-order chi connectivity index (χ1) is 9.58. The number of hydrogen-bond acceptors (Lipinski definition) is 3. The fourth-order valence-electron chi connectivity index (χ4n) is 2.55. The number of benzene rings is 1. The quantitative estimate of drug-likeness (QED) is 0.913. The lowest BCUT2D eigenvalue weighted by atomic mass is 10.0. The van der Waals surface area contributed by atoms with Crippen LogP contribution in [-0.4, -0.2) is 44.2 Å². The summed E-state index contributed by atoms with van der Waals surface area (Å²) in [4.78, 5) is 14.5. The summed E-state index contributed by atoms with van der Waals surface area (Å²) in [5, 5.41) is 3.15. The molecule has 110 valence electrons. The van der Waals surface area contributed by atoms with Crippen molar-refractivity contribution in [3.63, 3.8) is 0 Å². The molecule has 0 aromatic heterocycles. The number of ether oxygens (including phenoxy) is 1. The van der Waals surface area contributed by atoms with Crippen LogP contribution in [0.4, 0.5) is 0 Å². The number of aryl methyl sites for hydroxylation is 1. The van der Waals surface area contributed by atoms with Gasteiger partial charge < -0.3 is 10.1 Å². The minimum Gasteiger partial charge on any atom is -0.381 e. The van der Waals surface area contributed by atoms with Crippen LogP contribution in [-0.2, 0) is 9.53 Å². The maximum Gasteiger partial charge on any atom is 0.242 e. The average molecular weight is 276 g/mol. The molecule has 2 rings (SSSR count). The molecule has 1 heterocycles. The Balaban J connectivity index is 2.07. The van der Waals surface area contributed by atoms with Gasteiger partial charge in [-0.15, -0.1) is 0 Å². The summed E-state index contributed by atoms with van der Waals surface area (Å²) in [6, 6.07) is 8.16. The fraction of sp³-hybridized carbons (Fsp3) is 0.562. The number of carbonyl (C=O) groups is 1. The topological polar surface area (TPSA) is 41.6 Å². The molecule has 0 bridgehead atoms. The number of likely N-dealkylation sites (N-methyl/N-ethyl adjacent to an activating group) is 1. The van der Waals surface area contributed by atoms with E-state index in [0.717, 1.165) is 31.6 Å². The van der Waals surface area contributed by atoms with E-state index in [1.807, 2.05) is 43.3 Å². The molecule has 0 unspecified atom stereocenters. The summed E-state index contributed by atoms with van der Waals surface area (Å²) in [6.07, 6.45) is 1.81. The molecule has 1 aromatic carbocycles. The Morgan fingerprint density at radius 1 is 1.25 bits per heavy atom. The van der Waals surface area contributed by atoms with Gasteiger partial charge in [0.15, 0.2) is 0 Å². The Bertz CT molecular complexity index is 436. The lowest BCUT2D eigenvalue weighted by Gasteiger charge is -2.28. The summed E-state index contributed by atoms with van der Waals surface area (Å²) in [5.74, 6) is 0.0748. The largest absolute Gasteiger partial charge is 0.381 e. The van der Waals surface area contributed by atoms with Crippen LogP contribution in [0.2, 0.25) is 0 Å². The number of carbonyl (C=O) groups excluding carboxylic acids is 1. The first kappa shape index (κ1) is 15.0. The number of hydrogen-bond donors (Lipinski definition) is 1. The number of amides is 1. The zero-order valence-electron chi connectivity index (χ0n) is 12.6. The van der Waals surface area contributed by atoms with E-state index in [9.17, 15) is 4.79 Å². The van der Waals surface area contributed by atoms with Crippen molar-refractivity contribution in [2.45, 2.75) is 31.8 Å². The molecule has 1 atom stereocenters. The van der Waals surface area contributed by atoms with Crippen molar-refractivity contribution in [2.24, 2.45) is 0 Å². The minimum atomic E-state index is -0.238. The van der Waals surface area contributed by atoms with Crippen LogP contribution in [0.5, 0.6) is 0 Å². The van der Waals surface area contributed by atoms with Gasteiger partial charge in [-0.3, -0.25) is 9.69 Å². The average Bonchev–Trinajstić information content (AvgIpc) is 2.42. The van der Waals surface area contributed by atoms with E-state index in [4.69, 9.17) is 4.74 Å². The zero-order chi connectivity index (χ0) is 14.5. The lowest BCUT2D eigenvalue weighted by Crippen LogP contribution is -2.44. The minimum absolute atomic E-state index is 0.0748. The highest BCUT2D eigenvalue weighted by Gasteiger charge is 2.25. The van der Waals surface area contributed by atoms with E-state index in [0.29, 0.717) is 0 Å². The fourth-order valence-corrected chi connectivity index (χ4v) is 2.55. The summed E-state index contributed by atoms with van der Waals surface area (Å²) in [6.45, 7) is 3.53. The van der Waals surface area contributed by atoms with E-state index in [2.05, 4.69) is 12.2 Å². The van der Waals surface area contributed by atoms with Gasteiger partial charge in [0, 0.05) is 19.3 Å². The Morgan fingerprint density at radius 2 is 1.85 bits per heavy atom. The third-order valence-corrected chi connectivity index (χ3v) is 3.73. The maximum atomic E-state index is 12.5. The Labute approximate surface area is 121 Å². The van der Waals surface area contributed by atoms with Gasteiger partial charge in [0.2, 0.25) is 5.91 Å². The van der Waals surface area contributed by atoms with Crippen LogP contribution >= 0.6 is 0 Å². The summed E-state index contributed by atoms with van der Waals surface area (Å²) < 4.78 is 5.33. The molecule has 0 radical (unpaired) electrons. The molecule has 4 heteroatoms. The van der Waals surface area contributed by atoms with Gasteiger partial charge in [-0.1, -0.05) is 29.8 Å². The number of nitrogens with zero attached hydrogens (tertiary/aromatic N) is 1. The second-order valence-electron chi connectivity index (χ2n) is 5.67. The predicted octanol–water partition coefficient (Wildman–Crippen LogP) is 1.89. The Hall–Kier alpha value is -1.39. The van der Waals surface area contributed by atoms with Gasteiger partial charge in [0.05, 0.1) is 0 Å². The van der Waals surface area contributed by atoms with Crippen LogP contribution in [0.15, 0.2) is 24.3 Å². The smallest absolute Gasteiger partial charge is 0.242 e. The van der Waals surface area contributed by atoms with E-state index < -0.39 is 0 Å². The summed E-state index contributed by atoms with van der Waals surface area (Å²) in [7, 11) is 3.88. The second-order valence-corrected chi connectivity index (χ2v) is 5.67. The van der Waals surface area contributed by atoms with Crippen LogP contribution in [0.1, 0.15) is 30.0 Å². The highest BCUT2D eigenvalue weighted by atomic mass is 16.5. The number of nitrogens with one attached hydrogen (secondary N) is 1. The van der Waals surface area contributed by atoms with Crippen LogP contribution in [0, 0.1) is 6.92 Å². The SMILES string of the molecule is Cc1ccc([C@@H](C(=O)NC2CCOCC2)N(C)C)cc1. The van der Waals surface area contributed by atoms with Gasteiger partial charge in [-0.05, 0) is 39.4 Å². The van der Waals surface area contributed by atoms with E-state index in [-0.39, 0.29) is 18.0 Å². The molecule has 20 heavy (non-hydrogen) atoms. The van der Waals surface area contributed by atoms with E-state index >= 15 is 0 Å². The molecule has 0 aliphatic carbocycles. The van der Waals surface area contributed by atoms with E-state index in [1.54, 1.807) is 0 Å². The summed E-state index contributed by atoms with van der Waals surface area (Å²) in [5.41, 5.74) is 2.24. The standard InChI is InChI=1S/C16H24N2O2/c1-12-4-6-13(7-5-12)15(18(2)3)16(19)17-14-8-10-20-11-9-14/h4-7,14-15H,8-11H2,1-3H3,(H,17,19)/t15-/m0/s1. The highest BCUT2D eigenvalue weighted by molar-refractivity contribution is 5.83. The van der Waals surface area contributed by atoms with Crippen LogP contribution in [0.25, 0.3) is 0 Å². The maximum absolute atomic E-state index is 12.5. The monoisotopic (exact) mass is 276 g/mol. The molecule has 1 aromatic rings. The predicted molar refractivity (Wildman–Crippen MR) is 79.6 cm³/mol. The van der Waals surface area contributed by atoms with Gasteiger partial charge in [0.1, 0.15) is 6.04 Å². The zero-order valence-corrected chi connectivity index (χ0v) is 12.6. The molecule has 1 N–H and O–H groups in total. The molecular weight excluding hydrogens is 252 g/mol. The van der Waals surface area contributed by atoms with Crippen molar-refractivity contribution < 1.29 is 9.53 Å².